The standard InChI is InChI=1S/C11H16N4O2/c1-3-17-10(16)9-4-13-11(14-7(9)2)15-5-8(12)6-15/h4,8H,3,5-6,12H2,1-2H3. The average Bonchev–Trinajstić information content (AvgIpc) is 2.25. The maximum absolute atomic E-state index is 11.5. The summed E-state index contributed by atoms with van der Waals surface area (Å²) < 4.78 is 4.91. The fourth-order valence-electron chi connectivity index (χ4n) is 1.69. The quantitative estimate of drug-likeness (QED) is 0.750. The highest BCUT2D eigenvalue weighted by Gasteiger charge is 2.26. The number of carbonyl (C=O) groups excluding carboxylic acids is 1. The van der Waals surface area contributed by atoms with E-state index in [2.05, 4.69) is 9.97 Å². The van der Waals surface area contributed by atoms with E-state index < -0.39 is 0 Å². The van der Waals surface area contributed by atoms with Gasteiger partial charge in [0.2, 0.25) is 5.95 Å². The molecule has 0 aliphatic carbocycles. The van der Waals surface area contributed by atoms with E-state index in [0.717, 1.165) is 13.1 Å². The number of ether oxygens (including phenoxy) is 1. The van der Waals surface area contributed by atoms with Gasteiger partial charge in [-0.2, -0.15) is 0 Å². The zero-order chi connectivity index (χ0) is 12.4. The second-order valence-electron chi connectivity index (χ2n) is 4.05. The number of aryl methyl sites for hydroxylation is 1. The molecule has 1 fully saturated rings. The van der Waals surface area contributed by atoms with Gasteiger partial charge in [-0.15, -0.1) is 0 Å². The van der Waals surface area contributed by atoms with Crippen molar-refractivity contribution in [3.05, 3.63) is 17.5 Å². The van der Waals surface area contributed by atoms with E-state index in [0.29, 0.717) is 23.8 Å². The lowest BCUT2D eigenvalue weighted by Gasteiger charge is -2.36. The highest BCUT2D eigenvalue weighted by Crippen LogP contribution is 2.16. The summed E-state index contributed by atoms with van der Waals surface area (Å²) in [5.41, 5.74) is 6.74. The van der Waals surface area contributed by atoms with E-state index in [4.69, 9.17) is 10.5 Å². The number of nitrogens with two attached hydrogens (primary N) is 1. The topological polar surface area (TPSA) is 81.3 Å². The van der Waals surface area contributed by atoms with E-state index in [-0.39, 0.29) is 12.0 Å². The Balaban J connectivity index is 2.14. The van der Waals surface area contributed by atoms with Gasteiger partial charge in [-0.05, 0) is 13.8 Å². The van der Waals surface area contributed by atoms with Gasteiger partial charge >= 0.3 is 5.97 Å². The Labute approximate surface area is 99.8 Å². The van der Waals surface area contributed by atoms with Crippen LogP contribution in [0.15, 0.2) is 6.20 Å². The summed E-state index contributed by atoms with van der Waals surface area (Å²) in [4.78, 5) is 22.0. The van der Waals surface area contributed by atoms with Crippen molar-refractivity contribution >= 4 is 11.9 Å². The number of aromatic nitrogens is 2. The SMILES string of the molecule is CCOC(=O)c1cnc(N2CC(N)C2)nc1C. The molecule has 17 heavy (non-hydrogen) atoms. The molecular weight excluding hydrogens is 220 g/mol. The maximum atomic E-state index is 11.5. The summed E-state index contributed by atoms with van der Waals surface area (Å²) in [7, 11) is 0. The number of carbonyl (C=O) groups is 1. The Morgan fingerprint density at radius 2 is 2.35 bits per heavy atom. The molecule has 2 heterocycles. The number of esters is 1. The van der Waals surface area contributed by atoms with E-state index in [1.807, 2.05) is 4.90 Å². The molecule has 0 amide bonds. The Kier molecular flexibility index (Phi) is 3.23. The minimum absolute atomic E-state index is 0.198. The van der Waals surface area contributed by atoms with Crippen molar-refractivity contribution in [2.45, 2.75) is 19.9 Å². The lowest BCUT2D eigenvalue weighted by Crippen LogP contribution is -2.56. The first-order valence-corrected chi connectivity index (χ1v) is 5.63. The molecule has 0 atom stereocenters. The molecule has 1 aromatic heterocycles. The largest absolute Gasteiger partial charge is 0.462 e. The molecule has 2 rings (SSSR count). The van der Waals surface area contributed by atoms with Gasteiger partial charge in [0, 0.05) is 25.3 Å². The third kappa shape index (κ3) is 2.36. The van der Waals surface area contributed by atoms with Crippen LogP contribution in [0.1, 0.15) is 23.0 Å². The van der Waals surface area contributed by atoms with Crippen LogP contribution in [0.4, 0.5) is 5.95 Å². The van der Waals surface area contributed by atoms with Crippen LogP contribution in [0.25, 0.3) is 0 Å². The smallest absolute Gasteiger partial charge is 0.341 e. The van der Waals surface area contributed by atoms with Crippen LogP contribution >= 0.6 is 0 Å². The minimum Gasteiger partial charge on any atom is -0.462 e. The number of hydrogen-bond donors (Lipinski definition) is 1. The summed E-state index contributed by atoms with van der Waals surface area (Å²) in [6, 6.07) is 0.198. The predicted octanol–water partition coefficient (Wildman–Crippen LogP) is 0.109. The van der Waals surface area contributed by atoms with Crippen LogP contribution in [-0.2, 0) is 4.74 Å². The normalized spacial score (nSPS) is 15.6. The Morgan fingerprint density at radius 1 is 1.65 bits per heavy atom. The summed E-state index contributed by atoms with van der Waals surface area (Å²) >= 11 is 0. The van der Waals surface area contributed by atoms with Crippen molar-refractivity contribution < 1.29 is 9.53 Å². The van der Waals surface area contributed by atoms with Gasteiger partial charge in [-0.3, -0.25) is 0 Å². The third-order valence-corrected chi connectivity index (χ3v) is 2.65. The van der Waals surface area contributed by atoms with Crippen molar-refractivity contribution in [2.75, 3.05) is 24.6 Å². The first kappa shape index (κ1) is 11.8. The van der Waals surface area contributed by atoms with Gasteiger partial charge in [-0.1, -0.05) is 0 Å². The lowest BCUT2D eigenvalue weighted by molar-refractivity contribution is 0.0524. The molecule has 1 saturated heterocycles. The van der Waals surface area contributed by atoms with Crippen molar-refractivity contribution in [3.63, 3.8) is 0 Å². The van der Waals surface area contributed by atoms with Crippen molar-refractivity contribution in [1.29, 1.82) is 0 Å². The number of rotatable bonds is 3. The predicted molar refractivity (Wildman–Crippen MR) is 62.9 cm³/mol. The van der Waals surface area contributed by atoms with E-state index in [1.165, 1.54) is 6.20 Å². The van der Waals surface area contributed by atoms with Crippen molar-refractivity contribution in [3.8, 4) is 0 Å². The molecule has 6 nitrogen and oxygen atoms in total. The average molecular weight is 236 g/mol. The van der Waals surface area contributed by atoms with Gasteiger partial charge in [0.1, 0.15) is 0 Å². The van der Waals surface area contributed by atoms with Gasteiger partial charge in [0.25, 0.3) is 0 Å². The van der Waals surface area contributed by atoms with Gasteiger partial charge in [0.05, 0.1) is 17.9 Å². The summed E-state index contributed by atoms with van der Waals surface area (Å²) in [6.07, 6.45) is 1.51. The summed E-state index contributed by atoms with van der Waals surface area (Å²) in [6.45, 7) is 5.42. The minimum atomic E-state index is -0.378. The van der Waals surface area contributed by atoms with Crippen molar-refractivity contribution in [1.82, 2.24) is 9.97 Å². The number of hydrogen-bond acceptors (Lipinski definition) is 6. The molecule has 1 aromatic rings. The highest BCUT2D eigenvalue weighted by atomic mass is 16.5. The van der Waals surface area contributed by atoms with Gasteiger partial charge in [-0.25, -0.2) is 14.8 Å². The third-order valence-electron chi connectivity index (χ3n) is 2.65. The molecule has 0 aromatic carbocycles. The van der Waals surface area contributed by atoms with E-state index >= 15 is 0 Å². The molecule has 2 N–H and O–H groups in total. The molecule has 1 aliphatic rings. The molecule has 0 spiro atoms. The van der Waals surface area contributed by atoms with Crippen LogP contribution in [-0.4, -0.2) is 41.7 Å². The Morgan fingerprint density at radius 3 is 2.88 bits per heavy atom. The maximum Gasteiger partial charge on any atom is 0.341 e. The zero-order valence-electron chi connectivity index (χ0n) is 10.0. The summed E-state index contributed by atoms with van der Waals surface area (Å²) in [5.74, 6) is 0.245. The molecule has 0 saturated carbocycles. The first-order valence-electron chi connectivity index (χ1n) is 5.63. The van der Waals surface area contributed by atoms with Crippen molar-refractivity contribution in [2.24, 2.45) is 5.73 Å². The van der Waals surface area contributed by atoms with Crippen LogP contribution in [0, 0.1) is 6.92 Å². The molecule has 0 unspecified atom stereocenters. The second-order valence-corrected chi connectivity index (χ2v) is 4.05. The van der Waals surface area contributed by atoms with E-state index in [1.54, 1.807) is 13.8 Å². The monoisotopic (exact) mass is 236 g/mol. The Bertz CT molecular complexity index is 429. The summed E-state index contributed by atoms with van der Waals surface area (Å²) in [5, 5.41) is 0. The molecule has 6 heteroatoms. The molecular formula is C11H16N4O2. The molecule has 0 bridgehead atoms. The second kappa shape index (κ2) is 4.67. The van der Waals surface area contributed by atoms with Gasteiger partial charge < -0.3 is 15.4 Å². The van der Waals surface area contributed by atoms with Crippen LogP contribution < -0.4 is 10.6 Å². The van der Waals surface area contributed by atoms with Crippen LogP contribution in [0.3, 0.4) is 0 Å². The zero-order valence-corrected chi connectivity index (χ0v) is 10.0. The number of nitrogens with zero attached hydrogens (tertiary/aromatic N) is 3. The molecule has 0 radical (unpaired) electrons. The van der Waals surface area contributed by atoms with Gasteiger partial charge in [0.15, 0.2) is 0 Å². The number of anilines is 1. The first-order chi connectivity index (χ1) is 8.11. The van der Waals surface area contributed by atoms with E-state index in [9.17, 15) is 4.79 Å². The Hall–Kier alpha value is -1.69. The lowest BCUT2D eigenvalue weighted by atomic mass is 10.1. The highest BCUT2D eigenvalue weighted by molar-refractivity contribution is 5.90. The van der Waals surface area contributed by atoms with Crippen LogP contribution in [0.2, 0.25) is 0 Å². The fourth-order valence-corrected chi connectivity index (χ4v) is 1.69. The molecule has 1 aliphatic heterocycles. The molecule has 92 valence electrons. The van der Waals surface area contributed by atoms with Crippen LogP contribution in [0.5, 0.6) is 0 Å². The fraction of sp³-hybridized carbons (Fsp3) is 0.545.